The molecule has 1 aromatic carbocycles. The fraction of sp³-hybridized carbons (Fsp3) is 0.333. The third-order valence-corrected chi connectivity index (χ3v) is 7.67. The number of carbonyl (C=O) groups is 1. The van der Waals surface area contributed by atoms with E-state index in [0.29, 0.717) is 11.3 Å². The van der Waals surface area contributed by atoms with Crippen molar-refractivity contribution in [1.29, 1.82) is 0 Å². The number of sulfonamides is 1. The maximum absolute atomic E-state index is 12.5. The lowest BCUT2D eigenvalue weighted by Gasteiger charge is -2.06. The summed E-state index contributed by atoms with van der Waals surface area (Å²) in [6, 6.07) is 6.32. The monoisotopic (exact) mass is 418 g/mol. The molecule has 0 bridgehead atoms. The summed E-state index contributed by atoms with van der Waals surface area (Å²) in [5.74, 6) is -1.26. The number of nitrogens with one attached hydrogen (secondary N) is 1. The molecule has 0 aliphatic heterocycles. The molecule has 0 radical (unpaired) electrons. The number of anilines is 1. The van der Waals surface area contributed by atoms with Gasteiger partial charge in [-0.1, -0.05) is 36.8 Å². The number of carboxylic acid groups (broad SMARTS) is 1. The minimum absolute atomic E-state index is 0.00763. The number of sulfone groups is 1. The minimum Gasteiger partial charge on any atom is -0.481 e. The number of aryl methyl sites for hydroxylation is 1. The van der Waals surface area contributed by atoms with Crippen molar-refractivity contribution in [3.63, 3.8) is 0 Å². The Morgan fingerprint density at radius 3 is 2.31 bits per heavy atom. The molecule has 2 rings (SSSR count). The summed E-state index contributed by atoms with van der Waals surface area (Å²) in [6.45, 7) is 2.02. The van der Waals surface area contributed by atoms with Crippen LogP contribution in [0.4, 0.5) is 5.13 Å². The van der Waals surface area contributed by atoms with Crippen molar-refractivity contribution < 1.29 is 26.7 Å². The highest BCUT2D eigenvalue weighted by atomic mass is 32.2. The van der Waals surface area contributed by atoms with Gasteiger partial charge in [0.2, 0.25) is 0 Å². The van der Waals surface area contributed by atoms with Crippen LogP contribution in [0.25, 0.3) is 0 Å². The molecule has 0 fully saturated rings. The standard InChI is InChI=1S/C15H18N2O6S3/c1-3-4-10-5-7-11(8-6-10)26(22,23)17-15-16-12(9-13(18)19)14(24-15)25(2,20)21/h5-8H,3-4,9H2,1-2H3,(H,16,17)(H,18,19). The molecule has 1 heterocycles. The van der Waals surface area contributed by atoms with E-state index < -0.39 is 32.3 Å². The zero-order valence-electron chi connectivity index (χ0n) is 14.1. The van der Waals surface area contributed by atoms with E-state index in [1.54, 1.807) is 12.1 Å². The van der Waals surface area contributed by atoms with E-state index in [9.17, 15) is 21.6 Å². The van der Waals surface area contributed by atoms with Crippen LogP contribution in [0.1, 0.15) is 24.6 Å². The number of thiazole rings is 1. The van der Waals surface area contributed by atoms with Crippen LogP contribution < -0.4 is 4.72 Å². The van der Waals surface area contributed by atoms with E-state index in [2.05, 4.69) is 9.71 Å². The molecule has 142 valence electrons. The third-order valence-electron chi connectivity index (χ3n) is 3.31. The van der Waals surface area contributed by atoms with Crippen molar-refractivity contribution in [1.82, 2.24) is 4.98 Å². The van der Waals surface area contributed by atoms with E-state index in [-0.39, 0.29) is 19.9 Å². The van der Waals surface area contributed by atoms with Crippen LogP contribution in [0.15, 0.2) is 33.4 Å². The fourth-order valence-corrected chi connectivity index (χ4v) is 5.56. The first-order valence-electron chi connectivity index (χ1n) is 7.56. The molecule has 0 spiro atoms. The number of rotatable bonds is 8. The SMILES string of the molecule is CCCc1ccc(S(=O)(=O)Nc2nc(CC(=O)O)c(S(C)(=O)=O)s2)cc1. The van der Waals surface area contributed by atoms with E-state index in [1.807, 2.05) is 6.92 Å². The zero-order chi connectivity index (χ0) is 19.5. The van der Waals surface area contributed by atoms with Gasteiger partial charge in [0.25, 0.3) is 10.0 Å². The first-order chi connectivity index (χ1) is 12.0. The lowest BCUT2D eigenvalue weighted by atomic mass is 10.1. The van der Waals surface area contributed by atoms with Crippen molar-refractivity contribution >= 4 is 42.3 Å². The number of benzene rings is 1. The van der Waals surface area contributed by atoms with E-state index >= 15 is 0 Å². The van der Waals surface area contributed by atoms with Crippen LogP contribution in [0.2, 0.25) is 0 Å². The Labute approximate surface area is 155 Å². The summed E-state index contributed by atoms with van der Waals surface area (Å²) in [5, 5.41) is 8.68. The Morgan fingerprint density at radius 2 is 1.81 bits per heavy atom. The molecule has 0 unspecified atom stereocenters. The van der Waals surface area contributed by atoms with Crippen molar-refractivity contribution in [3.8, 4) is 0 Å². The second-order valence-electron chi connectivity index (χ2n) is 5.60. The van der Waals surface area contributed by atoms with E-state index in [4.69, 9.17) is 5.11 Å². The van der Waals surface area contributed by atoms with Gasteiger partial charge in [-0.15, -0.1) is 0 Å². The molecule has 0 saturated heterocycles. The summed E-state index contributed by atoms with van der Waals surface area (Å²) in [7, 11) is -7.70. The highest BCUT2D eigenvalue weighted by Gasteiger charge is 2.24. The first-order valence-corrected chi connectivity index (χ1v) is 11.8. The van der Waals surface area contributed by atoms with Gasteiger partial charge in [0.05, 0.1) is 17.0 Å². The van der Waals surface area contributed by atoms with Crippen molar-refractivity contribution in [3.05, 3.63) is 35.5 Å². The van der Waals surface area contributed by atoms with Gasteiger partial charge in [-0.05, 0) is 24.1 Å². The Morgan fingerprint density at radius 1 is 1.19 bits per heavy atom. The number of nitrogens with zero attached hydrogens (tertiary/aromatic N) is 1. The van der Waals surface area contributed by atoms with Crippen LogP contribution in [-0.2, 0) is 37.5 Å². The van der Waals surface area contributed by atoms with Gasteiger partial charge in [0.15, 0.2) is 15.0 Å². The second kappa shape index (κ2) is 7.72. The lowest BCUT2D eigenvalue weighted by molar-refractivity contribution is -0.136. The van der Waals surface area contributed by atoms with Crippen molar-refractivity contribution in [2.45, 2.75) is 35.3 Å². The Bertz CT molecular complexity index is 1010. The fourth-order valence-electron chi connectivity index (χ4n) is 2.22. The Kier molecular flexibility index (Phi) is 6.04. The maximum Gasteiger partial charge on any atom is 0.309 e. The third kappa shape index (κ3) is 5.02. The molecule has 0 atom stereocenters. The van der Waals surface area contributed by atoms with Crippen LogP contribution in [0, 0.1) is 0 Å². The molecule has 0 aliphatic carbocycles. The number of hydrogen-bond donors (Lipinski definition) is 2. The molecule has 0 aliphatic rings. The largest absolute Gasteiger partial charge is 0.481 e. The van der Waals surface area contributed by atoms with Crippen LogP contribution in [0.3, 0.4) is 0 Å². The average molecular weight is 419 g/mol. The molecule has 2 aromatic rings. The molecule has 0 saturated carbocycles. The van der Waals surface area contributed by atoms with Gasteiger partial charge in [0, 0.05) is 6.26 Å². The molecule has 0 amide bonds. The van der Waals surface area contributed by atoms with Gasteiger partial charge >= 0.3 is 5.97 Å². The highest BCUT2D eigenvalue weighted by molar-refractivity contribution is 7.94. The maximum atomic E-state index is 12.5. The Balaban J connectivity index is 2.34. The molecular weight excluding hydrogens is 400 g/mol. The highest BCUT2D eigenvalue weighted by Crippen LogP contribution is 2.29. The van der Waals surface area contributed by atoms with Gasteiger partial charge in [-0.3, -0.25) is 9.52 Å². The second-order valence-corrected chi connectivity index (χ2v) is 10.5. The number of carboxylic acids is 1. The average Bonchev–Trinajstić information content (AvgIpc) is 2.89. The van der Waals surface area contributed by atoms with Crippen molar-refractivity contribution in [2.75, 3.05) is 11.0 Å². The number of aromatic nitrogens is 1. The van der Waals surface area contributed by atoms with Crippen LogP contribution >= 0.6 is 11.3 Å². The van der Waals surface area contributed by atoms with Gasteiger partial charge in [0.1, 0.15) is 4.21 Å². The summed E-state index contributed by atoms with van der Waals surface area (Å²) >= 11 is 0.589. The summed E-state index contributed by atoms with van der Waals surface area (Å²) in [4.78, 5) is 14.7. The van der Waals surface area contributed by atoms with Crippen LogP contribution in [-0.4, -0.2) is 39.2 Å². The van der Waals surface area contributed by atoms with Gasteiger partial charge < -0.3 is 5.11 Å². The van der Waals surface area contributed by atoms with Gasteiger partial charge in [-0.2, -0.15) is 0 Å². The van der Waals surface area contributed by atoms with E-state index in [1.165, 1.54) is 12.1 Å². The van der Waals surface area contributed by atoms with E-state index in [0.717, 1.165) is 24.7 Å². The van der Waals surface area contributed by atoms with Gasteiger partial charge in [-0.25, -0.2) is 21.8 Å². The molecule has 11 heteroatoms. The molecular formula is C15H18N2O6S3. The molecule has 1 aromatic heterocycles. The number of aliphatic carboxylic acids is 1. The summed E-state index contributed by atoms with van der Waals surface area (Å²) < 4.78 is 50.4. The summed E-state index contributed by atoms with van der Waals surface area (Å²) in [5.41, 5.74) is 0.810. The normalized spacial score (nSPS) is 12.1. The van der Waals surface area contributed by atoms with Crippen molar-refractivity contribution in [2.24, 2.45) is 0 Å². The molecule has 8 nitrogen and oxygen atoms in total. The molecule has 26 heavy (non-hydrogen) atoms. The number of hydrogen-bond acceptors (Lipinski definition) is 7. The summed E-state index contributed by atoms with van der Waals surface area (Å²) in [6.07, 6.45) is 2.06. The molecule has 2 N–H and O–H groups in total. The first kappa shape index (κ1) is 20.3. The van der Waals surface area contributed by atoms with Crippen LogP contribution in [0.5, 0.6) is 0 Å². The zero-order valence-corrected chi connectivity index (χ0v) is 16.5. The Hall–Kier alpha value is -1.98. The predicted octanol–water partition coefficient (Wildman–Crippen LogP) is 1.93. The predicted molar refractivity (Wildman–Crippen MR) is 97.8 cm³/mol. The topological polar surface area (TPSA) is 130 Å². The lowest BCUT2D eigenvalue weighted by Crippen LogP contribution is -2.13. The quantitative estimate of drug-likeness (QED) is 0.670. The minimum atomic E-state index is -3.97. The smallest absolute Gasteiger partial charge is 0.309 e.